The molecule has 0 spiro atoms. The highest BCUT2D eigenvalue weighted by molar-refractivity contribution is 6.37. The highest BCUT2D eigenvalue weighted by Crippen LogP contribution is 2.29. The number of carboxylic acids is 1. The second-order valence-corrected chi connectivity index (χ2v) is 6.20. The molecule has 3 rings (SSSR count). The van der Waals surface area contributed by atoms with Crippen molar-refractivity contribution in [3.63, 3.8) is 0 Å². The van der Waals surface area contributed by atoms with E-state index in [1.807, 2.05) is 36.4 Å². The first-order chi connectivity index (χ1) is 12.5. The number of benzene rings is 3. The fourth-order valence-electron chi connectivity index (χ4n) is 2.66. The van der Waals surface area contributed by atoms with E-state index in [9.17, 15) is 14.7 Å². The SMILES string of the molecule is CC(=Cc1ccc2ccccc2c1Cl)C(=O)Nc1ccccc1C(=O)O. The van der Waals surface area contributed by atoms with Gasteiger partial charge in [-0.25, -0.2) is 4.79 Å². The Balaban J connectivity index is 1.90. The van der Waals surface area contributed by atoms with Gasteiger partial charge in [-0.3, -0.25) is 4.79 Å². The number of amides is 1. The molecule has 0 heterocycles. The van der Waals surface area contributed by atoms with Crippen LogP contribution in [-0.4, -0.2) is 17.0 Å². The van der Waals surface area contributed by atoms with E-state index in [4.69, 9.17) is 11.6 Å². The molecule has 0 aromatic heterocycles. The van der Waals surface area contributed by atoms with Crippen molar-refractivity contribution in [1.82, 2.24) is 0 Å². The van der Waals surface area contributed by atoms with Crippen molar-refractivity contribution >= 4 is 46.0 Å². The van der Waals surface area contributed by atoms with Gasteiger partial charge in [0.2, 0.25) is 0 Å². The number of aromatic carboxylic acids is 1. The summed E-state index contributed by atoms with van der Waals surface area (Å²) in [7, 11) is 0. The number of nitrogens with one attached hydrogen (secondary N) is 1. The van der Waals surface area contributed by atoms with Crippen molar-refractivity contribution in [3.05, 3.63) is 82.4 Å². The Morgan fingerprint density at radius 2 is 1.69 bits per heavy atom. The van der Waals surface area contributed by atoms with Gasteiger partial charge in [0.25, 0.3) is 5.91 Å². The standard InChI is InChI=1S/C21H16ClNO3/c1-13(20(24)23-18-9-5-4-8-17(18)21(25)26)12-15-11-10-14-6-2-3-7-16(14)19(15)22/h2-12H,1H3,(H,23,24)(H,25,26). The van der Waals surface area contributed by atoms with Crippen LogP contribution in [0.15, 0.2) is 66.2 Å². The predicted octanol–water partition coefficient (Wildman–Crippen LogP) is 5.23. The van der Waals surface area contributed by atoms with Crippen molar-refractivity contribution in [2.75, 3.05) is 5.32 Å². The Hall–Kier alpha value is -3.11. The van der Waals surface area contributed by atoms with E-state index in [0.717, 1.165) is 16.3 Å². The Morgan fingerprint density at radius 1 is 1.00 bits per heavy atom. The second kappa shape index (κ2) is 7.42. The number of halogens is 1. The number of carbonyl (C=O) groups is 2. The molecule has 0 fully saturated rings. The molecular weight excluding hydrogens is 350 g/mol. The Morgan fingerprint density at radius 3 is 2.46 bits per heavy atom. The zero-order valence-electron chi connectivity index (χ0n) is 14.0. The Bertz CT molecular complexity index is 1040. The fourth-order valence-corrected chi connectivity index (χ4v) is 2.95. The van der Waals surface area contributed by atoms with Crippen molar-refractivity contribution in [3.8, 4) is 0 Å². The highest BCUT2D eigenvalue weighted by atomic mass is 35.5. The molecule has 0 unspecified atom stereocenters. The smallest absolute Gasteiger partial charge is 0.337 e. The first-order valence-corrected chi connectivity index (χ1v) is 8.34. The molecule has 3 aromatic rings. The monoisotopic (exact) mass is 365 g/mol. The van der Waals surface area contributed by atoms with E-state index in [2.05, 4.69) is 5.32 Å². The van der Waals surface area contributed by atoms with Gasteiger partial charge in [0.05, 0.1) is 16.3 Å². The van der Waals surface area contributed by atoms with E-state index in [0.29, 0.717) is 10.6 Å². The second-order valence-electron chi connectivity index (χ2n) is 5.82. The quantitative estimate of drug-likeness (QED) is 0.622. The van der Waals surface area contributed by atoms with Gasteiger partial charge in [-0.05, 0) is 36.1 Å². The maximum atomic E-state index is 12.5. The summed E-state index contributed by atoms with van der Waals surface area (Å²) < 4.78 is 0. The minimum atomic E-state index is -1.10. The van der Waals surface area contributed by atoms with Crippen LogP contribution in [0.25, 0.3) is 16.8 Å². The number of carbonyl (C=O) groups excluding carboxylic acids is 1. The maximum absolute atomic E-state index is 12.5. The molecule has 1 amide bonds. The van der Waals surface area contributed by atoms with E-state index < -0.39 is 5.97 Å². The summed E-state index contributed by atoms with van der Waals surface area (Å²) in [6, 6.07) is 17.8. The van der Waals surface area contributed by atoms with Crippen LogP contribution in [0.3, 0.4) is 0 Å². The number of fused-ring (bicyclic) bond motifs is 1. The molecule has 0 saturated heterocycles. The summed E-state index contributed by atoms with van der Waals surface area (Å²) in [6.07, 6.45) is 1.69. The summed E-state index contributed by atoms with van der Waals surface area (Å²) in [6.45, 7) is 1.66. The largest absolute Gasteiger partial charge is 0.478 e. The molecule has 0 saturated carbocycles. The van der Waals surface area contributed by atoms with E-state index in [-0.39, 0.29) is 17.2 Å². The maximum Gasteiger partial charge on any atom is 0.337 e. The molecule has 5 heteroatoms. The highest BCUT2D eigenvalue weighted by Gasteiger charge is 2.13. The van der Waals surface area contributed by atoms with Gasteiger partial charge < -0.3 is 10.4 Å². The lowest BCUT2D eigenvalue weighted by atomic mass is 10.0. The molecule has 2 N–H and O–H groups in total. The number of carboxylic acid groups (broad SMARTS) is 1. The molecule has 4 nitrogen and oxygen atoms in total. The normalized spacial score (nSPS) is 11.4. The molecule has 130 valence electrons. The van der Waals surface area contributed by atoms with Crippen molar-refractivity contribution in [2.45, 2.75) is 6.92 Å². The number of hydrogen-bond acceptors (Lipinski definition) is 2. The molecular formula is C21H16ClNO3. The number of rotatable bonds is 4. The summed E-state index contributed by atoms with van der Waals surface area (Å²) >= 11 is 6.46. The van der Waals surface area contributed by atoms with Crippen LogP contribution in [0, 0.1) is 0 Å². The molecule has 0 bridgehead atoms. The van der Waals surface area contributed by atoms with E-state index >= 15 is 0 Å². The molecule has 0 aliphatic heterocycles. The minimum Gasteiger partial charge on any atom is -0.478 e. The van der Waals surface area contributed by atoms with Crippen LogP contribution in [-0.2, 0) is 4.79 Å². The van der Waals surface area contributed by atoms with Crippen molar-refractivity contribution in [1.29, 1.82) is 0 Å². The number of para-hydroxylation sites is 1. The van der Waals surface area contributed by atoms with Gasteiger partial charge in [0, 0.05) is 11.0 Å². The summed E-state index contributed by atoms with van der Waals surface area (Å²) in [5.74, 6) is -1.48. The fraction of sp³-hybridized carbons (Fsp3) is 0.0476. The van der Waals surface area contributed by atoms with Crippen LogP contribution >= 0.6 is 11.6 Å². The van der Waals surface area contributed by atoms with Crippen LogP contribution in [0.4, 0.5) is 5.69 Å². The van der Waals surface area contributed by atoms with Gasteiger partial charge in [-0.15, -0.1) is 0 Å². The number of anilines is 1. The molecule has 3 aromatic carbocycles. The first-order valence-electron chi connectivity index (χ1n) is 7.96. The summed E-state index contributed by atoms with van der Waals surface area (Å²) in [5, 5.41) is 14.3. The van der Waals surface area contributed by atoms with Crippen LogP contribution in [0.2, 0.25) is 5.02 Å². The Labute approximate surface area is 155 Å². The van der Waals surface area contributed by atoms with Crippen LogP contribution < -0.4 is 5.32 Å². The summed E-state index contributed by atoms with van der Waals surface area (Å²) in [4.78, 5) is 23.7. The molecule has 26 heavy (non-hydrogen) atoms. The zero-order valence-corrected chi connectivity index (χ0v) is 14.7. The summed E-state index contributed by atoms with van der Waals surface area (Å²) in [5.41, 5.74) is 1.44. The van der Waals surface area contributed by atoms with Gasteiger partial charge in [-0.1, -0.05) is 60.1 Å². The molecule has 0 aliphatic rings. The molecule has 0 aliphatic carbocycles. The topological polar surface area (TPSA) is 66.4 Å². The van der Waals surface area contributed by atoms with E-state index in [1.54, 1.807) is 31.2 Å². The van der Waals surface area contributed by atoms with Crippen molar-refractivity contribution < 1.29 is 14.7 Å². The molecule has 0 radical (unpaired) electrons. The van der Waals surface area contributed by atoms with Gasteiger partial charge in [-0.2, -0.15) is 0 Å². The van der Waals surface area contributed by atoms with E-state index in [1.165, 1.54) is 6.07 Å². The van der Waals surface area contributed by atoms with Crippen molar-refractivity contribution in [2.24, 2.45) is 0 Å². The lowest BCUT2D eigenvalue weighted by Gasteiger charge is -2.09. The lowest BCUT2D eigenvalue weighted by molar-refractivity contribution is -0.112. The lowest BCUT2D eigenvalue weighted by Crippen LogP contribution is -2.15. The average Bonchev–Trinajstić information content (AvgIpc) is 2.64. The minimum absolute atomic E-state index is 0.0392. The average molecular weight is 366 g/mol. The van der Waals surface area contributed by atoms with Gasteiger partial charge >= 0.3 is 5.97 Å². The third-order valence-electron chi connectivity index (χ3n) is 4.03. The zero-order chi connectivity index (χ0) is 18.7. The predicted molar refractivity (Wildman–Crippen MR) is 105 cm³/mol. The molecule has 0 atom stereocenters. The van der Waals surface area contributed by atoms with Crippen LogP contribution in [0.5, 0.6) is 0 Å². The van der Waals surface area contributed by atoms with Crippen LogP contribution in [0.1, 0.15) is 22.8 Å². The number of hydrogen-bond donors (Lipinski definition) is 2. The third-order valence-corrected chi connectivity index (χ3v) is 4.45. The van der Waals surface area contributed by atoms with Gasteiger partial charge in [0.15, 0.2) is 0 Å². The third kappa shape index (κ3) is 3.60. The Kier molecular flexibility index (Phi) is 5.05. The first kappa shape index (κ1) is 17.7. The van der Waals surface area contributed by atoms with Gasteiger partial charge in [0.1, 0.15) is 0 Å².